The van der Waals surface area contributed by atoms with Crippen LogP contribution in [0.2, 0.25) is 0 Å². The van der Waals surface area contributed by atoms with Gasteiger partial charge in [-0.3, -0.25) is 0 Å². The molecule has 1 heterocycles. The fourth-order valence-corrected chi connectivity index (χ4v) is 3.03. The van der Waals surface area contributed by atoms with Crippen LogP contribution in [0.15, 0.2) is 42.5 Å². The second kappa shape index (κ2) is 7.63. The molecule has 27 heavy (non-hydrogen) atoms. The van der Waals surface area contributed by atoms with Gasteiger partial charge in [-0.25, -0.2) is 4.98 Å². The van der Waals surface area contributed by atoms with Crippen LogP contribution >= 0.6 is 0 Å². The van der Waals surface area contributed by atoms with E-state index in [1.165, 1.54) is 7.11 Å². The number of aryl methyl sites for hydroxylation is 1. The largest absolute Gasteiger partial charge is 0.545 e. The first kappa shape index (κ1) is 18.7. The van der Waals surface area contributed by atoms with Crippen LogP contribution in [-0.2, 0) is 4.74 Å². The fourth-order valence-electron chi connectivity index (χ4n) is 3.03. The van der Waals surface area contributed by atoms with Gasteiger partial charge in [0.05, 0.1) is 30.6 Å². The zero-order chi connectivity index (χ0) is 19.6. The van der Waals surface area contributed by atoms with Gasteiger partial charge < -0.3 is 24.7 Å². The van der Waals surface area contributed by atoms with Gasteiger partial charge in [-0.05, 0) is 31.5 Å². The number of nitrogens with zero attached hydrogens (tertiary/aromatic N) is 1. The minimum Gasteiger partial charge on any atom is -0.545 e. The minimum absolute atomic E-state index is 0.0200. The molecule has 0 saturated heterocycles. The van der Waals surface area contributed by atoms with E-state index in [0.29, 0.717) is 22.3 Å². The Balaban J connectivity index is 2.38. The molecule has 140 valence electrons. The van der Waals surface area contributed by atoms with Crippen LogP contribution < -0.4 is 15.2 Å². The van der Waals surface area contributed by atoms with Crippen LogP contribution in [0.1, 0.15) is 34.6 Å². The zero-order valence-electron chi connectivity index (χ0n) is 15.7. The smallest absolute Gasteiger partial charge is 0.145 e. The maximum atomic E-state index is 12.1. The lowest BCUT2D eigenvalue weighted by molar-refractivity contribution is -0.255. The van der Waals surface area contributed by atoms with Crippen LogP contribution in [0, 0.1) is 6.92 Å². The third-order valence-corrected chi connectivity index (χ3v) is 4.57. The number of pyridine rings is 1. The summed E-state index contributed by atoms with van der Waals surface area (Å²) in [5.41, 5.74) is 3.01. The van der Waals surface area contributed by atoms with Crippen LogP contribution in [0.5, 0.6) is 5.75 Å². The lowest BCUT2D eigenvalue weighted by Crippen LogP contribution is -2.27. The molecule has 3 aromatic rings. The number of rotatable bonds is 6. The quantitative estimate of drug-likeness (QED) is 0.721. The Morgan fingerprint density at radius 2 is 1.89 bits per heavy atom. The summed E-state index contributed by atoms with van der Waals surface area (Å²) in [6, 6.07) is 13.0. The molecule has 0 amide bonds. The van der Waals surface area contributed by atoms with Gasteiger partial charge in [-0.1, -0.05) is 30.3 Å². The fraction of sp³-hybridized carbons (Fsp3) is 0.238. The van der Waals surface area contributed by atoms with Gasteiger partial charge in [-0.15, -0.1) is 0 Å². The molecule has 3 rings (SSSR count). The second-order valence-electron chi connectivity index (χ2n) is 6.21. The topological polar surface area (TPSA) is 83.5 Å². The third kappa shape index (κ3) is 3.44. The molecular formula is C21H21N2O4-. The van der Waals surface area contributed by atoms with Crippen molar-refractivity contribution >= 4 is 28.2 Å². The molecule has 0 bridgehead atoms. The van der Waals surface area contributed by atoms with E-state index in [1.807, 2.05) is 31.2 Å². The van der Waals surface area contributed by atoms with E-state index in [9.17, 15) is 9.90 Å². The molecule has 6 nitrogen and oxygen atoms in total. The number of hydrogen-bond acceptors (Lipinski definition) is 6. The minimum atomic E-state index is -1.32. The number of carboxylic acid groups (broad SMARTS) is 1. The van der Waals surface area contributed by atoms with Gasteiger partial charge in [0.15, 0.2) is 0 Å². The highest BCUT2D eigenvalue weighted by atomic mass is 16.5. The Morgan fingerprint density at radius 3 is 2.52 bits per heavy atom. The molecule has 0 radical (unpaired) electrons. The van der Waals surface area contributed by atoms with Crippen molar-refractivity contribution in [2.75, 3.05) is 19.5 Å². The predicted molar refractivity (Wildman–Crippen MR) is 103 cm³/mol. The van der Waals surface area contributed by atoms with Crippen molar-refractivity contribution in [3.05, 3.63) is 59.3 Å². The van der Waals surface area contributed by atoms with Crippen molar-refractivity contribution in [1.82, 2.24) is 4.98 Å². The van der Waals surface area contributed by atoms with E-state index in [4.69, 9.17) is 9.47 Å². The van der Waals surface area contributed by atoms with Crippen molar-refractivity contribution in [3.8, 4) is 5.75 Å². The van der Waals surface area contributed by atoms with E-state index >= 15 is 0 Å². The summed E-state index contributed by atoms with van der Waals surface area (Å²) in [7, 11) is 3.06. The first-order chi connectivity index (χ1) is 13.0. The maximum Gasteiger partial charge on any atom is 0.145 e. The number of anilines is 2. The van der Waals surface area contributed by atoms with Crippen molar-refractivity contribution in [3.63, 3.8) is 0 Å². The highest BCUT2D eigenvalue weighted by molar-refractivity contribution is 6.07. The monoisotopic (exact) mass is 365 g/mol. The van der Waals surface area contributed by atoms with E-state index < -0.39 is 12.1 Å². The summed E-state index contributed by atoms with van der Waals surface area (Å²) < 4.78 is 10.8. The number of ether oxygens (including phenoxy) is 2. The van der Waals surface area contributed by atoms with Crippen LogP contribution in [0.3, 0.4) is 0 Å². The highest BCUT2D eigenvalue weighted by Gasteiger charge is 2.22. The maximum absolute atomic E-state index is 12.1. The summed E-state index contributed by atoms with van der Waals surface area (Å²) in [5.74, 6) is -0.767. The SMILES string of the molecule is COc1cccc2c(Nc3ccccc3C)c(C(=O)[O-])c(C(C)OC)nc12. The summed E-state index contributed by atoms with van der Waals surface area (Å²) in [6.07, 6.45) is -0.537. The Labute approximate surface area is 157 Å². The van der Waals surface area contributed by atoms with Crippen LogP contribution in [-0.4, -0.2) is 25.2 Å². The number of para-hydroxylation sites is 2. The highest BCUT2D eigenvalue weighted by Crippen LogP contribution is 2.37. The second-order valence-corrected chi connectivity index (χ2v) is 6.21. The number of carbonyl (C=O) groups is 1. The molecule has 0 spiro atoms. The molecule has 2 aromatic carbocycles. The molecule has 0 fully saturated rings. The van der Waals surface area contributed by atoms with Gasteiger partial charge in [0, 0.05) is 23.7 Å². The number of carboxylic acids is 1. The number of benzene rings is 2. The molecule has 0 saturated carbocycles. The van der Waals surface area contributed by atoms with E-state index in [1.54, 1.807) is 32.2 Å². The molecule has 0 aliphatic carbocycles. The molecule has 1 atom stereocenters. The van der Waals surface area contributed by atoms with Gasteiger partial charge in [0.1, 0.15) is 11.3 Å². The van der Waals surface area contributed by atoms with E-state index in [2.05, 4.69) is 10.3 Å². The average Bonchev–Trinajstić information content (AvgIpc) is 2.67. The Morgan fingerprint density at radius 1 is 1.15 bits per heavy atom. The molecule has 6 heteroatoms. The number of aromatic nitrogens is 1. The Hall–Kier alpha value is -3.12. The normalized spacial score (nSPS) is 12.0. The standard InChI is InChI=1S/C21H22N2O4/c1-12-8-5-6-10-15(12)22-20-14-9-7-11-16(27-4)19(14)23-18(13(2)26-3)17(20)21(24)25/h5-11,13H,1-4H3,(H,22,23)(H,24,25)/p-1. The first-order valence-electron chi connectivity index (χ1n) is 8.55. The van der Waals surface area contributed by atoms with Crippen LogP contribution in [0.25, 0.3) is 10.9 Å². The van der Waals surface area contributed by atoms with E-state index in [0.717, 1.165) is 11.3 Å². The summed E-state index contributed by atoms with van der Waals surface area (Å²) in [6.45, 7) is 3.69. The molecule has 1 unspecified atom stereocenters. The van der Waals surface area contributed by atoms with Gasteiger partial charge in [0.2, 0.25) is 0 Å². The summed E-state index contributed by atoms with van der Waals surface area (Å²) >= 11 is 0. The number of carbonyl (C=O) groups excluding carboxylic acids is 1. The lowest BCUT2D eigenvalue weighted by Gasteiger charge is -2.23. The number of nitrogens with one attached hydrogen (secondary N) is 1. The van der Waals surface area contributed by atoms with Gasteiger partial charge in [0.25, 0.3) is 0 Å². The summed E-state index contributed by atoms with van der Waals surface area (Å²) in [4.78, 5) is 16.6. The van der Waals surface area contributed by atoms with E-state index in [-0.39, 0.29) is 11.3 Å². The molecule has 1 N–H and O–H groups in total. The Kier molecular flexibility index (Phi) is 5.28. The molecule has 0 aliphatic rings. The average molecular weight is 365 g/mol. The number of aromatic carboxylic acids is 1. The predicted octanol–water partition coefficient (Wildman–Crippen LogP) is 3.37. The van der Waals surface area contributed by atoms with Crippen LogP contribution in [0.4, 0.5) is 11.4 Å². The van der Waals surface area contributed by atoms with Crippen molar-refractivity contribution in [1.29, 1.82) is 0 Å². The zero-order valence-corrected chi connectivity index (χ0v) is 15.7. The van der Waals surface area contributed by atoms with Crippen molar-refractivity contribution < 1.29 is 19.4 Å². The number of methoxy groups -OCH3 is 2. The molecular weight excluding hydrogens is 344 g/mol. The first-order valence-corrected chi connectivity index (χ1v) is 8.55. The number of hydrogen-bond donors (Lipinski definition) is 1. The Bertz CT molecular complexity index is 1000. The van der Waals surface area contributed by atoms with Gasteiger partial charge in [-0.2, -0.15) is 0 Å². The lowest BCUT2D eigenvalue weighted by atomic mass is 10.0. The molecule has 1 aromatic heterocycles. The number of fused-ring (bicyclic) bond motifs is 1. The molecule has 0 aliphatic heterocycles. The van der Waals surface area contributed by atoms with Gasteiger partial charge >= 0.3 is 0 Å². The van der Waals surface area contributed by atoms with Crippen molar-refractivity contribution in [2.24, 2.45) is 0 Å². The van der Waals surface area contributed by atoms with Crippen molar-refractivity contribution in [2.45, 2.75) is 20.0 Å². The third-order valence-electron chi connectivity index (χ3n) is 4.57. The summed E-state index contributed by atoms with van der Waals surface area (Å²) in [5, 5.41) is 16.0.